The number of phenols is 1. The standard InChI is InChI=1S/C21H21N5O3/c1-13-12-17(28)26-19(18-15-5-3-2-4-14(15)6-7-16(18)27)23-20(24-21(26)22-13)25-8-10-29-11-9-25/h2-7,12,19,27H,8-11H2,1H3,(H,22,23,24). The van der Waals surface area contributed by atoms with Crippen molar-refractivity contribution >= 4 is 22.7 Å². The van der Waals surface area contributed by atoms with Crippen LogP contribution in [0.2, 0.25) is 0 Å². The quantitative estimate of drug-likeness (QED) is 0.660. The van der Waals surface area contributed by atoms with Gasteiger partial charge in [-0.3, -0.25) is 14.7 Å². The summed E-state index contributed by atoms with van der Waals surface area (Å²) in [5, 5.41) is 15.8. The van der Waals surface area contributed by atoms with Gasteiger partial charge in [0.1, 0.15) is 5.75 Å². The number of benzene rings is 2. The van der Waals surface area contributed by atoms with Crippen molar-refractivity contribution in [2.75, 3.05) is 31.6 Å². The predicted molar refractivity (Wildman–Crippen MR) is 110 cm³/mol. The van der Waals surface area contributed by atoms with Gasteiger partial charge in [-0.1, -0.05) is 30.3 Å². The number of ether oxygens (including phenoxy) is 1. The van der Waals surface area contributed by atoms with Crippen LogP contribution in [-0.4, -0.2) is 51.8 Å². The monoisotopic (exact) mass is 391 g/mol. The third-order valence-corrected chi connectivity index (χ3v) is 5.31. The summed E-state index contributed by atoms with van der Waals surface area (Å²) in [4.78, 5) is 24.4. The number of fused-ring (bicyclic) bond motifs is 2. The van der Waals surface area contributed by atoms with Gasteiger partial charge in [-0.05, 0) is 23.8 Å². The topological polar surface area (TPSA) is 92.0 Å². The molecule has 0 bridgehead atoms. The van der Waals surface area contributed by atoms with Gasteiger partial charge < -0.3 is 14.7 Å². The van der Waals surface area contributed by atoms with E-state index in [0.29, 0.717) is 49.5 Å². The second-order valence-electron chi connectivity index (χ2n) is 7.20. The van der Waals surface area contributed by atoms with E-state index in [0.717, 1.165) is 10.8 Å². The van der Waals surface area contributed by atoms with Crippen LogP contribution in [0, 0.1) is 6.92 Å². The number of aromatic hydroxyl groups is 1. The minimum Gasteiger partial charge on any atom is -0.507 e. The molecular weight excluding hydrogens is 370 g/mol. The largest absolute Gasteiger partial charge is 0.507 e. The molecule has 0 saturated carbocycles. The molecular formula is C21H21N5O3. The molecule has 0 aliphatic carbocycles. The second kappa shape index (κ2) is 6.89. The number of guanidine groups is 1. The van der Waals surface area contributed by atoms with Gasteiger partial charge in [0.15, 0.2) is 6.17 Å². The van der Waals surface area contributed by atoms with Gasteiger partial charge in [0.2, 0.25) is 11.9 Å². The van der Waals surface area contributed by atoms with Gasteiger partial charge in [0, 0.05) is 30.4 Å². The van der Waals surface area contributed by atoms with Crippen LogP contribution in [0.4, 0.5) is 5.95 Å². The molecule has 1 unspecified atom stereocenters. The van der Waals surface area contributed by atoms with Crippen molar-refractivity contribution in [3.8, 4) is 5.75 Å². The number of aromatic nitrogens is 2. The SMILES string of the molecule is Cc1cc(=O)n2c(n1)NC(N1CCOCC1)=NC2c1c(O)ccc2ccccc12. The van der Waals surface area contributed by atoms with Crippen LogP contribution in [0.15, 0.2) is 52.3 Å². The fourth-order valence-corrected chi connectivity index (χ4v) is 3.92. The number of nitrogens with zero attached hydrogens (tertiary/aromatic N) is 4. The van der Waals surface area contributed by atoms with Crippen LogP contribution in [-0.2, 0) is 4.74 Å². The summed E-state index contributed by atoms with van der Waals surface area (Å²) in [6, 6.07) is 12.8. The number of anilines is 1. The molecule has 1 saturated heterocycles. The van der Waals surface area contributed by atoms with Crippen molar-refractivity contribution in [3.63, 3.8) is 0 Å². The van der Waals surface area contributed by atoms with Crippen LogP contribution in [0.25, 0.3) is 10.8 Å². The Bertz CT molecular complexity index is 1180. The zero-order valence-electron chi connectivity index (χ0n) is 16.0. The Morgan fingerprint density at radius 2 is 1.97 bits per heavy atom. The van der Waals surface area contributed by atoms with Crippen LogP contribution >= 0.6 is 0 Å². The number of phenolic OH excluding ortho intramolecular Hbond substituents is 1. The zero-order valence-corrected chi connectivity index (χ0v) is 16.0. The Kier molecular flexibility index (Phi) is 4.21. The summed E-state index contributed by atoms with van der Waals surface area (Å²) in [5.41, 5.74) is 0.990. The first-order valence-corrected chi connectivity index (χ1v) is 9.60. The molecule has 8 nitrogen and oxygen atoms in total. The van der Waals surface area contributed by atoms with E-state index >= 15 is 0 Å². The summed E-state index contributed by atoms with van der Waals surface area (Å²) in [5.74, 6) is 1.14. The van der Waals surface area contributed by atoms with Crippen molar-refractivity contribution in [2.24, 2.45) is 4.99 Å². The number of aryl methyl sites for hydroxylation is 1. The molecule has 8 heteroatoms. The Labute approximate surface area is 167 Å². The highest BCUT2D eigenvalue weighted by Crippen LogP contribution is 2.37. The Morgan fingerprint density at radius 1 is 1.17 bits per heavy atom. The minimum absolute atomic E-state index is 0.0964. The molecule has 0 amide bonds. The van der Waals surface area contributed by atoms with Gasteiger partial charge in [-0.2, -0.15) is 0 Å². The molecule has 3 aromatic rings. The van der Waals surface area contributed by atoms with Crippen LogP contribution in [0.1, 0.15) is 17.4 Å². The van der Waals surface area contributed by atoms with E-state index in [1.807, 2.05) is 30.3 Å². The maximum absolute atomic E-state index is 12.9. The first-order chi connectivity index (χ1) is 14.1. The summed E-state index contributed by atoms with van der Waals surface area (Å²) in [7, 11) is 0. The van der Waals surface area contributed by atoms with E-state index in [2.05, 4.69) is 15.2 Å². The number of hydrogen-bond donors (Lipinski definition) is 2. The number of nitrogens with one attached hydrogen (secondary N) is 1. The number of morpholine rings is 1. The van der Waals surface area contributed by atoms with E-state index in [1.165, 1.54) is 10.6 Å². The Balaban J connectivity index is 1.75. The normalized spacial score (nSPS) is 18.9. The van der Waals surface area contributed by atoms with E-state index in [4.69, 9.17) is 9.73 Å². The number of rotatable bonds is 1. The molecule has 29 heavy (non-hydrogen) atoms. The van der Waals surface area contributed by atoms with Crippen molar-refractivity contribution in [3.05, 3.63) is 64.1 Å². The zero-order chi connectivity index (χ0) is 20.0. The van der Waals surface area contributed by atoms with Crippen LogP contribution in [0.3, 0.4) is 0 Å². The lowest BCUT2D eigenvalue weighted by Gasteiger charge is -2.35. The lowest BCUT2D eigenvalue weighted by atomic mass is 10.0. The van der Waals surface area contributed by atoms with Crippen LogP contribution in [0.5, 0.6) is 5.75 Å². The summed E-state index contributed by atoms with van der Waals surface area (Å²) in [6.45, 7) is 4.39. The summed E-state index contributed by atoms with van der Waals surface area (Å²) in [6.07, 6.45) is -0.726. The van der Waals surface area contributed by atoms with Gasteiger partial charge in [0.05, 0.1) is 13.2 Å². The van der Waals surface area contributed by atoms with Crippen molar-refractivity contribution in [1.29, 1.82) is 0 Å². The molecule has 2 N–H and O–H groups in total. The lowest BCUT2D eigenvalue weighted by molar-refractivity contribution is 0.0675. The average molecular weight is 391 g/mol. The predicted octanol–water partition coefficient (Wildman–Crippen LogP) is 2.07. The van der Waals surface area contributed by atoms with Crippen molar-refractivity contribution in [2.45, 2.75) is 13.1 Å². The van der Waals surface area contributed by atoms with Crippen LogP contribution < -0.4 is 10.9 Å². The summed E-state index contributed by atoms with van der Waals surface area (Å²) >= 11 is 0. The third kappa shape index (κ3) is 3.01. The molecule has 148 valence electrons. The maximum atomic E-state index is 12.9. The van der Waals surface area contributed by atoms with E-state index in [-0.39, 0.29) is 11.3 Å². The van der Waals surface area contributed by atoms with Crippen molar-refractivity contribution in [1.82, 2.24) is 14.5 Å². The van der Waals surface area contributed by atoms with E-state index in [9.17, 15) is 9.90 Å². The fraction of sp³-hybridized carbons (Fsp3) is 0.286. The molecule has 1 fully saturated rings. The first-order valence-electron chi connectivity index (χ1n) is 9.60. The molecule has 1 aromatic heterocycles. The van der Waals surface area contributed by atoms with Gasteiger partial charge in [-0.15, -0.1) is 0 Å². The van der Waals surface area contributed by atoms with E-state index < -0.39 is 6.17 Å². The number of aliphatic imine (C=N–C) groups is 1. The molecule has 1 atom stereocenters. The smallest absolute Gasteiger partial charge is 0.257 e. The van der Waals surface area contributed by atoms with Gasteiger partial charge in [-0.25, -0.2) is 9.98 Å². The first kappa shape index (κ1) is 17.7. The average Bonchev–Trinajstić information content (AvgIpc) is 2.73. The minimum atomic E-state index is -0.726. The molecule has 2 aromatic carbocycles. The Hall–Kier alpha value is -3.39. The molecule has 2 aliphatic heterocycles. The molecule has 0 spiro atoms. The molecule has 0 radical (unpaired) electrons. The molecule has 2 aliphatic rings. The molecule has 5 rings (SSSR count). The maximum Gasteiger partial charge on any atom is 0.257 e. The highest BCUT2D eigenvalue weighted by atomic mass is 16.5. The van der Waals surface area contributed by atoms with Crippen molar-refractivity contribution < 1.29 is 9.84 Å². The third-order valence-electron chi connectivity index (χ3n) is 5.31. The second-order valence-corrected chi connectivity index (χ2v) is 7.20. The molecule has 3 heterocycles. The lowest BCUT2D eigenvalue weighted by Crippen LogP contribution is -2.47. The summed E-state index contributed by atoms with van der Waals surface area (Å²) < 4.78 is 6.95. The van der Waals surface area contributed by atoms with Gasteiger partial charge >= 0.3 is 0 Å². The Morgan fingerprint density at radius 3 is 2.79 bits per heavy atom. The highest BCUT2D eigenvalue weighted by molar-refractivity contribution is 5.95. The van der Waals surface area contributed by atoms with E-state index in [1.54, 1.807) is 13.0 Å². The van der Waals surface area contributed by atoms with Gasteiger partial charge in [0.25, 0.3) is 5.56 Å². The fourth-order valence-electron chi connectivity index (χ4n) is 3.92. The number of hydrogen-bond acceptors (Lipinski definition) is 7. The highest BCUT2D eigenvalue weighted by Gasteiger charge is 2.30.